The first-order chi connectivity index (χ1) is 6.90. The summed E-state index contributed by atoms with van der Waals surface area (Å²) >= 11 is 0. The summed E-state index contributed by atoms with van der Waals surface area (Å²) in [6.07, 6.45) is 8.14. The molecule has 0 bridgehead atoms. The van der Waals surface area contributed by atoms with Gasteiger partial charge in [-0.3, -0.25) is 0 Å². The zero-order valence-corrected chi connectivity index (χ0v) is 11.0. The normalized spacial score (nSPS) is 23.8. The van der Waals surface area contributed by atoms with Crippen molar-refractivity contribution in [2.24, 2.45) is 11.3 Å². The summed E-state index contributed by atoms with van der Waals surface area (Å²) in [6, 6.07) is 0. The number of hydrogen-bond donors (Lipinski definition) is 1. The van der Waals surface area contributed by atoms with Crippen LogP contribution in [0.5, 0.6) is 0 Å². The molecule has 0 aliphatic heterocycles. The monoisotopic (exact) mass is 212 g/mol. The summed E-state index contributed by atoms with van der Waals surface area (Å²) < 4.78 is 0. The van der Waals surface area contributed by atoms with Gasteiger partial charge in [0.05, 0.1) is 5.60 Å². The van der Waals surface area contributed by atoms with Crippen molar-refractivity contribution in [3.63, 3.8) is 0 Å². The number of rotatable bonds is 3. The van der Waals surface area contributed by atoms with E-state index < -0.39 is 0 Å². The van der Waals surface area contributed by atoms with Crippen LogP contribution in [0.15, 0.2) is 0 Å². The highest BCUT2D eigenvalue weighted by molar-refractivity contribution is 4.94. The van der Waals surface area contributed by atoms with Crippen LogP contribution in [-0.2, 0) is 0 Å². The Kier molecular flexibility index (Phi) is 4.22. The Morgan fingerprint density at radius 2 is 1.67 bits per heavy atom. The Labute approximate surface area is 95.3 Å². The molecular weight excluding hydrogens is 184 g/mol. The van der Waals surface area contributed by atoms with Gasteiger partial charge in [0.1, 0.15) is 0 Å². The van der Waals surface area contributed by atoms with Gasteiger partial charge < -0.3 is 5.11 Å². The van der Waals surface area contributed by atoms with E-state index in [4.69, 9.17) is 0 Å². The van der Waals surface area contributed by atoms with E-state index in [2.05, 4.69) is 27.7 Å². The van der Waals surface area contributed by atoms with E-state index in [0.717, 1.165) is 12.8 Å². The lowest BCUT2D eigenvalue weighted by Gasteiger charge is -2.46. The second-order valence-corrected chi connectivity index (χ2v) is 6.37. The van der Waals surface area contributed by atoms with Crippen LogP contribution in [-0.4, -0.2) is 10.7 Å². The Hall–Kier alpha value is -0.0400. The summed E-state index contributed by atoms with van der Waals surface area (Å²) in [7, 11) is 0. The van der Waals surface area contributed by atoms with E-state index >= 15 is 0 Å². The molecule has 0 radical (unpaired) electrons. The fourth-order valence-electron chi connectivity index (χ4n) is 3.31. The number of aliphatic hydroxyl groups is 1. The molecular formula is C14H28O. The zero-order chi connectivity index (χ0) is 11.5. The minimum absolute atomic E-state index is 0.238. The van der Waals surface area contributed by atoms with Gasteiger partial charge in [-0.25, -0.2) is 0 Å². The molecule has 1 rings (SSSR count). The molecule has 1 unspecified atom stereocenters. The molecule has 0 spiro atoms. The maximum atomic E-state index is 10.8. The van der Waals surface area contributed by atoms with Gasteiger partial charge in [-0.05, 0) is 30.6 Å². The maximum Gasteiger partial charge on any atom is 0.0680 e. The van der Waals surface area contributed by atoms with Crippen molar-refractivity contribution in [1.29, 1.82) is 0 Å². The average molecular weight is 212 g/mol. The first-order valence-electron chi connectivity index (χ1n) is 6.62. The molecule has 0 aromatic carbocycles. The molecule has 0 amide bonds. The molecule has 0 saturated heterocycles. The van der Waals surface area contributed by atoms with Crippen LogP contribution < -0.4 is 0 Å². The maximum absolute atomic E-state index is 10.8. The van der Waals surface area contributed by atoms with Gasteiger partial charge in [0.15, 0.2) is 0 Å². The topological polar surface area (TPSA) is 20.2 Å². The standard InChI is InChI=1S/C14H28O/c1-5-9-12(13(2,3)4)14(15)10-7-6-8-11-14/h12,15H,5-11H2,1-4H3. The SMILES string of the molecule is CCCC(C(C)(C)C)C1(O)CCCCC1. The number of hydrogen-bond acceptors (Lipinski definition) is 1. The lowest BCUT2D eigenvalue weighted by Crippen LogP contribution is -2.46. The van der Waals surface area contributed by atoms with Crippen LogP contribution >= 0.6 is 0 Å². The molecule has 1 fully saturated rings. The smallest absolute Gasteiger partial charge is 0.0680 e. The van der Waals surface area contributed by atoms with Crippen molar-refractivity contribution in [2.45, 2.75) is 78.2 Å². The highest BCUT2D eigenvalue weighted by Gasteiger charge is 2.42. The highest BCUT2D eigenvalue weighted by Crippen LogP contribution is 2.45. The molecule has 1 N–H and O–H groups in total. The van der Waals surface area contributed by atoms with Crippen molar-refractivity contribution in [1.82, 2.24) is 0 Å². The fraction of sp³-hybridized carbons (Fsp3) is 1.00. The highest BCUT2D eigenvalue weighted by atomic mass is 16.3. The minimum Gasteiger partial charge on any atom is -0.390 e. The summed E-state index contributed by atoms with van der Waals surface area (Å²) in [5.74, 6) is 0.468. The van der Waals surface area contributed by atoms with Crippen molar-refractivity contribution in [3.05, 3.63) is 0 Å². The molecule has 90 valence electrons. The first-order valence-corrected chi connectivity index (χ1v) is 6.62. The van der Waals surface area contributed by atoms with Gasteiger partial charge in [-0.1, -0.05) is 53.4 Å². The summed E-state index contributed by atoms with van der Waals surface area (Å²) in [5, 5.41) is 10.8. The first kappa shape index (κ1) is 13.0. The Bertz CT molecular complexity index is 184. The second-order valence-electron chi connectivity index (χ2n) is 6.37. The largest absolute Gasteiger partial charge is 0.390 e. The molecule has 1 nitrogen and oxygen atoms in total. The quantitative estimate of drug-likeness (QED) is 0.745. The third-order valence-electron chi connectivity index (χ3n) is 3.99. The van der Waals surface area contributed by atoms with Crippen LogP contribution in [0.4, 0.5) is 0 Å². The third kappa shape index (κ3) is 3.21. The van der Waals surface area contributed by atoms with Crippen molar-refractivity contribution in [2.75, 3.05) is 0 Å². The molecule has 0 aromatic heterocycles. The molecule has 0 aromatic rings. The van der Waals surface area contributed by atoms with Gasteiger partial charge in [-0.15, -0.1) is 0 Å². The van der Waals surface area contributed by atoms with Gasteiger partial charge >= 0.3 is 0 Å². The van der Waals surface area contributed by atoms with Crippen molar-refractivity contribution < 1.29 is 5.11 Å². The Morgan fingerprint density at radius 1 is 1.13 bits per heavy atom. The molecule has 1 aliphatic carbocycles. The predicted molar refractivity (Wildman–Crippen MR) is 65.9 cm³/mol. The van der Waals surface area contributed by atoms with Crippen LogP contribution in [0.1, 0.15) is 72.6 Å². The lowest BCUT2D eigenvalue weighted by molar-refractivity contribution is -0.0902. The average Bonchev–Trinajstić information content (AvgIpc) is 2.13. The lowest BCUT2D eigenvalue weighted by atomic mass is 9.64. The van der Waals surface area contributed by atoms with Gasteiger partial charge in [0, 0.05) is 0 Å². The van der Waals surface area contributed by atoms with Crippen LogP contribution in [0.3, 0.4) is 0 Å². The van der Waals surface area contributed by atoms with E-state index in [9.17, 15) is 5.11 Å². The van der Waals surface area contributed by atoms with E-state index in [-0.39, 0.29) is 11.0 Å². The van der Waals surface area contributed by atoms with Gasteiger partial charge in [-0.2, -0.15) is 0 Å². The zero-order valence-electron chi connectivity index (χ0n) is 11.0. The van der Waals surface area contributed by atoms with Gasteiger partial charge in [0.25, 0.3) is 0 Å². The Morgan fingerprint density at radius 3 is 2.07 bits per heavy atom. The predicted octanol–water partition coefficient (Wildman–Crippen LogP) is 4.14. The molecule has 1 aliphatic rings. The molecule has 15 heavy (non-hydrogen) atoms. The fourth-order valence-corrected chi connectivity index (χ4v) is 3.31. The van der Waals surface area contributed by atoms with E-state index in [1.807, 2.05) is 0 Å². The summed E-state index contributed by atoms with van der Waals surface area (Å²) in [4.78, 5) is 0. The second kappa shape index (κ2) is 4.86. The van der Waals surface area contributed by atoms with Crippen molar-refractivity contribution >= 4 is 0 Å². The molecule has 1 atom stereocenters. The van der Waals surface area contributed by atoms with Crippen molar-refractivity contribution in [3.8, 4) is 0 Å². The molecule has 1 saturated carbocycles. The van der Waals surface area contributed by atoms with E-state index in [1.165, 1.54) is 32.1 Å². The molecule has 1 heteroatoms. The minimum atomic E-state index is -0.369. The Balaban J connectivity index is 2.77. The summed E-state index contributed by atoms with van der Waals surface area (Å²) in [6.45, 7) is 9.06. The van der Waals surface area contributed by atoms with Crippen LogP contribution in [0.25, 0.3) is 0 Å². The summed E-state index contributed by atoms with van der Waals surface area (Å²) in [5.41, 5.74) is -0.130. The van der Waals surface area contributed by atoms with Crippen LogP contribution in [0, 0.1) is 11.3 Å². The third-order valence-corrected chi connectivity index (χ3v) is 3.99. The van der Waals surface area contributed by atoms with E-state index in [1.54, 1.807) is 0 Å². The van der Waals surface area contributed by atoms with Crippen LogP contribution in [0.2, 0.25) is 0 Å². The van der Waals surface area contributed by atoms with E-state index in [0.29, 0.717) is 5.92 Å². The molecule has 0 heterocycles. The van der Waals surface area contributed by atoms with Gasteiger partial charge in [0.2, 0.25) is 0 Å².